The van der Waals surface area contributed by atoms with Crippen LogP contribution in [0.1, 0.15) is 51.5 Å². The molecule has 0 aromatic heterocycles. The van der Waals surface area contributed by atoms with E-state index >= 15 is 0 Å². The third-order valence-corrected chi connectivity index (χ3v) is 8.82. The van der Waals surface area contributed by atoms with E-state index in [4.69, 9.17) is 0 Å². The first-order valence-electron chi connectivity index (χ1n) is 8.94. The standard InChI is InChI=1S/C19H27NO2S/c1-19(2,17-6-4-3-5-7-17)23(21,22)20-18-15-9-13-8-14(11-15)12-16(18)10-13/h3-7,13-16,18,20H,8-12H2,1-2H3. The Morgan fingerprint density at radius 3 is 1.96 bits per heavy atom. The molecule has 4 bridgehead atoms. The highest BCUT2D eigenvalue weighted by Gasteiger charge is 2.50. The molecule has 0 atom stereocenters. The third kappa shape index (κ3) is 2.54. The molecule has 4 saturated carbocycles. The van der Waals surface area contributed by atoms with E-state index in [1.807, 2.05) is 44.2 Å². The molecule has 3 nitrogen and oxygen atoms in total. The van der Waals surface area contributed by atoms with E-state index in [1.54, 1.807) is 0 Å². The molecule has 4 fully saturated rings. The van der Waals surface area contributed by atoms with Gasteiger partial charge in [-0.25, -0.2) is 13.1 Å². The Kier molecular flexibility index (Phi) is 3.62. The summed E-state index contributed by atoms with van der Waals surface area (Å²) in [4.78, 5) is 0. The first-order valence-corrected chi connectivity index (χ1v) is 10.4. The molecular weight excluding hydrogens is 306 g/mol. The van der Waals surface area contributed by atoms with Crippen LogP contribution in [0.3, 0.4) is 0 Å². The van der Waals surface area contributed by atoms with Gasteiger partial charge in [0.15, 0.2) is 0 Å². The van der Waals surface area contributed by atoms with Crippen LogP contribution >= 0.6 is 0 Å². The van der Waals surface area contributed by atoms with Crippen molar-refractivity contribution in [1.82, 2.24) is 4.72 Å². The van der Waals surface area contributed by atoms with Crippen LogP contribution in [0, 0.1) is 23.7 Å². The topological polar surface area (TPSA) is 46.2 Å². The van der Waals surface area contributed by atoms with Gasteiger partial charge in [-0.2, -0.15) is 0 Å². The maximum absolute atomic E-state index is 13.1. The van der Waals surface area contributed by atoms with Crippen molar-refractivity contribution in [2.24, 2.45) is 23.7 Å². The Labute approximate surface area is 139 Å². The van der Waals surface area contributed by atoms with Gasteiger partial charge in [0.1, 0.15) is 4.75 Å². The number of hydrogen-bond acceptors (Lipinski definition) is 2. The predicted molar refractivity (Wildman–Crippen MR) is 92.4 cm³/mol. The fraction of sp³-hybridized carbons (Fsp3) is 0.684. The molecule has 0 unspecified atom stereocenters. The van der Waals surface area contributed by atoms with Gasteiger partial charge in [0.2, 0.25) is 10.0 Å². The summed E-state index contributed by atoms with van der Waals surface area (Å²) in [5, 5.41) is 0. The molecule has 0 heterocycles. The van der Waals surface area contributed by atoms with Crippen LogP contribution in [-0.2, 0) is 14.8 Å². The maximum atomic E-state index is 13.1. The lowest BCUT2D eigenvalue weighted by Gasteiger charge is -2.54. The molecule has 23 heavy (non-hydrogen) atoms. The Bertz CT molecular complexity index is 653. The zero-order valence-electron chi connectivity index (χ0n) is 14.0. The van der Waals surface area contributed by atoms with E-state index < -0.39 is 14.8 Å². The number of sulfonamides is 1. The van der Waals surface area contributed by atoms with Gasteiger partial charge >= 0.3 is 0 Å². The lowest BCUT2D eigenvalue weighted by Crippen LogP contribution is -2.57. The normalized spacial score (nSPS) is 36.3. The van der Waals surface area contributed by atoms with Gasteiger partial charge in [0, 0.05) is 6.04 Å². The average molecular weight is 333 g/mol. The number of benzene rings is 1. The maximum Gasteiger partial charge on any atom is 0.221 e. The van der Waals surface area contributed by atoms with Crippen LogP contribution in [0.2, 0.25) is 0 Å². The van der Waals surface area contributed by atoms with Crippen molar-refractivity contribution in [3.05, 3.63) is 35.9 Å². The highest BCUT2D eigenvalue weighted by Crippen LogP contribution is 2.54. The lowest BCUT2D eigenvalue weighted by atomic mass is 9.54. The monoisotopic (exact) mass is 333 g/mol. The molecule has 126 valence electrons. The minimum Gasteiger partial charge on any atom is -0.211 e. The summed E-state index contributed by atoms with van der Waals surface area (Å²) in [5.74, 6) is 2.85. The van der Waals surface area contributed by atoms with Crippen molar-refractivity contribution >= 4 is 10.0 Å². The van der Waals surface area contributed by atoms with Crippen molar-refractivity contribution in [2.75, 3.05) is 0 Å². The molecule has 5 rings (SSSR count). The van der Waals surface area contributed by atoms with Crippen LogP contribution < -0.4 is 4.72 Å². The minimum atomic E-state index is -3.41. The quantitative estimate of drug-likeness (QED) is 0.914. The van der Waals surface area contributed by atoms with Gasteiger partial charge in [-0.1, -0.05) is 30.3 Å². The van der Waals surface area contributed by atoms with Crippen molar-refractivity contribution < 1.29 is 8.42 Å². The fourth-order valence-corrected chi connectivity index (χ4v) is 6.92. The van der Waals surface area contributed by atoms with Crippen LogP contribution in [-0.4, -0.2) is 14.5 Å². The van der Waals surface area contributed by atoms with E-state index in [0.717, 1.165) is 17.4 Å². The van der Waals surface area contributed by atoms with Gasteiger partial charge in [0.25, 0.3) is 0 Å². The summed E-state index contributed by atoms with van der Waals surface area (Å²) in [6.45, 7) is 3.64. The Balaban J connectivity index is 1.58. The number of nitrogens with one attached hydrogen (secondary N) is 1. The molecule has 4 heteroatoms. The van der Waals surface area contributed by atoms with Gasteiger partial charge < -0.3 is 0 Å². The largest absolute Gasteiger partial charge is 0.221 e. The summed E-state index contributed by atoms with van der Waals surface area (Å²) in [6.07, 6.45) is 6.30. The first-order chi connectivity index (χ1) is 10.9. The summed E-state index contributed by atoms with van der Waals surface area (Å²) in [6, 6.07) is 9.74. The van der Waals surface area contributed by atoms with E-state index in [2.05, 4.69) is 4.72 Å². The fourth-order valence-electron chi connectivity index (χ4n) is 5.44. The predicted octanol–water partition coefficient (Wildman–Crippen LogP) is 3.67. The first kappa shape index (κ1) is 15.6. The summed E-state index contributed by atoms with van der Waals surface area (Å²) in [7, 11) is -3.41. The SMILES string of the molecule is CC(C)(c1ccccc1)S(=O)(=O)NC1C2CC3CC(C2)CC1C3. The van der Waals surface area contributed by atoms with Crippen LogP contribution in [0.15, 0.2) is 30.3 Å². The molecule has 1 aromatic rings. The van der Waals surface area contributed by atoms with Crippen LogP contribution in [0.4, 0.5) is 0 Å². The molecular formula is C19H27NO2S. The third-order valence-electron chi connectivity index (χ3n) is 6.66. The van der Waals surface area contributed by atoms with Crippen LogP contribution in [0.5, 0.6) is 0 Å². The molecule has 0 radical (unpaired) electrons. The Hall–Kier alpha value is -0.870. The zero-order valence-corrected chi connectivity index (χ0v) is 14.9. The highest BCUT2D eigenvalue weighted by molar-refractivity contribution is 7.90. The molecule has 4 aliphatic carbocycles. The Morgan fingerprint density at radius 1 is 0.913 bits per heavy atom. The molecule has 0 aliphatic heterocycles. The Morgan fingerprint density at radius 2 is 1.43 bits per heavy atom. The van der Waals surface area contributed by atoms with E-state index in [1.165, 1.54) is 32.1 Å². The van der Waals surface area contributed by atoms with Gasteiger partial charge in [-0.3, -0.25) is 0 Å². The lowest BCUT2D eigenvalue weighted by molar-refractivity contribution is -0.00577. The second kappa shape index (κ2) is 5.32. The number of hydrogen-bond donors (Lipinski definition) is 1. The van der Waals surface area contributed by atoms with E-state index in [9.17, 15) is 8.42 Å². The van der Waals surface area contributed by atoms with E-state index in [-0.39, 0.29) is 6.04 Å². The minimum absolute atomic E-state index is 0.163. The smallest absolute Gasteiger partial charge is 0.211 e. The van der Waals surface area contributed by atoms with Crippen molar-refractivity contribution in [2.45, 2.75) is 56.7 Å². The molecule has 0 amide bonds. The second-order valence-corrected chi connectivity index (χ2v) is 10.7. The highest BCUT2D eigenvalue weighted by atomic mass is 32.2. The molecule has 1 N–H and O–H groups in total. The van der Waals surface area contributed by atoms with Gasteiger partial charge in [-0.15, -0.1) is 0 Å². The zero-order chi connectivity index (χ0) is 16.2. The van der Waals surface area contributed by atoms with Crippen LogP contribution in [0.25, 0.3) is 0 Å². The molecule has 1 aromatic carbocycles. The van der Waals surface area contributed by atoms with Crippen molar-refractivity contribution in [3.8, 4) is 0 Å². The van der Waals surface area contributed by atoms with Gasteiger partial charge in [-0.05, 0) is 75.2 Å². The molecule has 4 aliphatic rings. The molecule has 0 saturated heterocycles. The summed E-state index contributed by atoms with van der Waals surface area (Å²) >= 11 is 0. The number of rotatable bonds is 4. The van der Waals surface area contributed by atoms with Gasteiger partial charge in [0.05, 0.1) is 0 Å². The average Bonchev–Trinajstić information content (AvgIpc) is 2.51. The second-order valence-electron chi connectivity index (χ2n) is 8.45. The van der Waals surface area contributed by atoms with Crippen molar-refractivity contribution in [3.63, 3.8) is 0 Å². The van der Waals surface area contributed by atoms with E-state index in [0.29, 0.717) is 11.8 Å². The summed E-state index contributed by atoms with van der Waals surface area (Å²) in [5.41, 5.74) is 0.858. The molecule has 0 spiro atoms. The summed E-state index contributed by atoms with van der Waals surface area (Å²) < 4.78 is 28.5. The van der Waals surface area contributed by atoms with Crippen molar-refractivity contribution in [1.29, 1.82) is 0 Å².